The second-order valence-electron chi connectivity index (χ2n) is 4.45. The van der Waals surface area contributed by atoms with Gasteiger partial charge in [0.25, 0.3) is 5.56 Å². The third-order valence-electron chi connectivity index (χ3n) is 2.92. The number of fused-ring (bicyclic) bond motifs is 1. The molecule has 0 saturated carbocycles. The van der Waals surface area contributed by atoms with Crippen LogP contribution in [0.1, 0.15) is 32.4 Å². The van der Waals surface area contributed by atoms with E-state index in [9.17, 15) is 4.79 Å². The molecular formula is C11H15N5O. The van der Waals surface area contributed by atoms with Crippen LogP contribution >= 0.6 is 0 Å². The standard InChI is InChI=1S/C11H15N5O/c1-5(2)6(3)7-4-13-9-8(14-7)10(17)16-11(12)15-9/h4-6H,1-3H3,(H3,12,13,15,16,17)/t6-/m0/s1. The third-order valence-corrected chi connectivity index (χ3v) is 2.92. The third kappa shape index (κ3) is 2.11. The van der Waals surface area contributed by atoms with Crippen molar-refractivity contribution in [3.05, 3.63) is 22.2 Å². The molecule has 1 atom stereocenters. The molecule has 6 heteroatoms. The van der Waals surface area contributed by atoms with Crippen molar-refractivity contribution in [1.82, 2.24) is 19.9 Å². The number of anilines is 1. The van der Waals surface area contributed by atoms with Crippen molar-refractivity contribution in [2.45, 2.75) is 26.7 Å². The number of aromatic nitrogens is 4. The summed E-state index contributed by atoms with van der Waals surface area (Å²) in [5.41, 5.74) is 6.41. The maximum atomic E-state index is 11.7. The van der Waals surface area contributed by atoms with Crippen LogP contribution in [0.25, 0.3) is 11.2 Å². The number of hydrogen-bond donors (Lipinski definition) is 2. The zero-order valence-electron chi connectivity index (χ0n) is 10.1. The van der Waals surface area contributed by atoms with Gasteiger partial charge in [-0.1, -0.05) is 20.8 Å². The Kier molecular flexibility index (Phi) is 2.79. The molecule has 0 saturated heterocycles. The molecule has 2 aromatic rings. The molecule has 0 spiro atoms. The quantitative estimate of drug-likeness (QED) is 0.808. The summed E-state index contributed by atoms with van der Waals surface area (Å²) in [6, 6.07) is 0. The van der Waals surface area contributed by atoms with Crippen molar-refractivity contribution < 1.29 is 0 Å². The lowest BCUT2D eigenvalue weighted by atomic mass is 9.95. The Bertz CT molecular complexity index is 604. The number of rotatable bonds is 2. The van der Waals surface area contributed by atoms with Gasteiger partial charge < -0.3 is 5.73 Å². The lowest BCUT2D eigenvalue weighted by molar-refractivity contribution is 0.523. The highest BCUT2D eigenvalue weighted by Gasteiger charge is 2.14. The van der Waals surface area contributed by atoms with Gasteiger partial charge in [0, 0.05) is 5.92 Å². The van der Waals surface area contributed by atoms with Crippen LogP contribution in [0, 0.1) is 5.92 Å². The highest BCUT2D eigenvalue weighted by molar-refractivity contribution is 5.69. The molecule has 0 unspecified atom stereocenters. The molecule has 0 aliphatic heterocycles. The van der Waals surface area contributed by atoms with E-state index in [1.54, 1.807) is 6.20 Å². The minimum absolute atomic E-state index is 0.0569. The Labute approximate surface area is 98.3 Å². The van der Waals surface area contributed by atoms with Crippen molar-refractivity contribution in [2.24, 2.45) is 5.92 Å². The maximum Gasteiger partial charge on any atom is 0.280 e. The smallest absolute Gasteiger partial charge is 0.280 e. The number of hydrogen-bond acceptors (Lipinski definition) is 5. The van der Waals surface area contributed by atoms with Gasteiger partial charge in [-0.3, -0.25) is 9.78 Å². The second-order valence-corrected chi connectivity index (χ2v) is 4.45. The predicted molar refractivity (Wildman–Crippen MR) is 65.6 cm³/mol. The van der Waals surface area contributed by atoms with Crippen molar-refractivity contribution in [3.63, 3.8) is 0 Å². The van der Waals surface area contributed by atoms with Crippen LogP contribution in [0.15, 0.2) is 11.0 Å². The highest BCUT2D eigenvalue weighted by Crippen LogP contribution is 2.21. The monoisotopic (exact) mass is 233 g/mol. The van der Waals surface area contributed by atoms with E-state index in [1.807, 2.05) is 0 Å². The first kappa shape index (κ1) is 11.5. The Morgan fingerprint density at radius 2 is 2.00 bits per heavy atom. The summed E-state index contributed by atoms with van der Waals surface area (Å²) in [4.78, 5) is 26.5. The average Bonchev–Trinajstić information content (AvgIpc) is 2.27. The summed E-state index contributed by atoms with van der Waals surface area (Å²) in [5.74, 6) is 0.730. The summed E-state index contributed by atoms with van der Waals surface area (Å²) in [6.07, 6.45) is 1.65. The molecule has 0 amide bonds. The van der Waals surface area contributed by atoms with Crippen LogP contribution in [0.4, 0.5) is 5.95 Å². The zero-order valence-corrected chi connectivity index (χ0v) is 10.1. The molecule has 0 radical (unpaired) electrons. The summed E-state index contributed by atoms with van der Waals surface area (Å²) in [6.45, 7) is 6.25. The van der Waals surface area contributed by atoms with Gasteiger partial charge in [-0.2, -0.15) is 4.98 Å². The van der Waals surface area contributed by atoms with Crippen molar-refractivity contribution in [2.75, 3.05) is 5.73 Å². The average molecular weight is 233 g/mol. The Balaban J connectivity index is 2.62. The molecule has 0 bridgehead atoms. The van der Waals surface area contributed by atoms with E-state index in [0.717, 1.165) is 5.69 Å². The number of aromatic amines is 1. The van der Waals surface area contributed by atoms with Gasteiger partial charge in [-0.15, -0.1) is 0 Å². The van der Waals surface area contributed by atoms with E-state index in [1.165, 1.54) is 0 Å². The van der Waals surface area contributed by atoms with Crippen molar-refractivity contribution >= 4 is 17.1 Å². The minimum Gasteiger partial charge on any atom is -0.369 e. The SMILES string of the molecule is CC(C)[C@H](C)c1cnc2nc(N)[nH]c(=O)c2n1. The number of nitrogens with two attached hydrogens (primary N) is 1. The van der Waals surface area contributed by atoms with Crippen LogP contribution in [0.3, 0.4) is 0 Å². The Morgan fingerprint density at radius 1 is 1.29 bits per heavy atom. The topological polar surface area (TPSA) is 97.5 Å². The first-order chi connectivity index (χ1) is 7.99. The first-order valence-electron chi connectivity index (χ1n) is 5.51. The zero-order chi connectivity index (χ0) is 12.6. The van der Waals surface area contributed by atoms with Crippen LogP contribution in [0.2, 0.25) is 0 Å². The van der Waals surface area contributed by atoms with Crippen molar-refractivity contribution in [3.8, 4) is 0 Å². The summed E-state index contributed by atoms with van der Waals surface area (Å²) in [7, 11) is 0. The van der Waals surface area contributed by atoms with E-state index in [4.69, 9.17) is 5.73 Å². The number of nitrogens with zero attached hydrogens (tertiary/aromatic N) is 3. The molecular weight excluding hydrogens is 218 g/mol. The van der Waals surface area contributed by atoms with Crippen molar-refractivity contribution in [1.29, 1.82) is 0 Å². The van der Waals surface area contributed by atoms with Gasteiger partial charge in [-0.25, -0.2) is 9.97 Å². The lowest BCUT2D eigenvalue weighted by Gasteiger charge is -2.14. The van der Waals surface area contributed by atoms with E-state index >= 15 is 0 Å². The van der Waals surface area contributed by atoms with Crippen LogP contribution in [-0.2, 0) is 0 Å². The summed E-state index contributed by atoms with van der Waals surface area (Å²) in [5, 5.41) is 0. The molecule has 3 N–H and O–H groups in total. The molecule has 0 aliphatic carbocycles. The molecule has 2 heterocycles. The lowest BCUT2D eigenvalue weighted by Crippen LogP contribution is -2.15. The first-order valence-corrected chi connectivity index (χ1v) is 5.51. The molecule has 6 nitrogen and oxygen atoms in total. The molecule has 0 aromatic carbocycles. The predicted octanol–water partition coefficient (Wildman–Crippen LogP) is 1.05. The van der Waals surface area contributed by atoms with E-state index in [-0.39, 0.29) is 28.6 Å². The minimum atomic E-state index is -0.349. The largest absolute Gasteiger partial charge is 0.369 e. The molecule has 0 aliphatic rings. The fraction of sp³-hybridized carbons (Fsp3) is 0.455. The molecule has 2 aromatic heterocycles. The number of H-pyrrole nitrogens is 1. The van der Waals surface area contributed by atoms with Gasteiger partial charge in [0.1, 0.15) is 0 Å². The molecule has 17 heavy (non-hydrogen) atoms. The van der Waals surface area contributed by atoms with Crippen LogP contribution in [-0.4, -0.2) is 19.9 Å². The highest BCUT2D eigenvalue weighted by atomic mass is 16.1. The van der Waals surface area contributed by atoms with E-state index in [2.05, 4.69) is 40.7 Å². The van der Waals surface area contributed by atoms with E-state index < -0.39 is 0 Å². The van der Waals surface area contributed by atoms with E-state index in [0.29, 0.717) is 5.92 Å². The normalized spacial score (nSPS) is 13.2. The van der Waals surface area contributed by atoms with Gasteiger partial charge >= 0.3 is 0 Å². The molecule has 90 valence electrons. The fourth-order valence-corrected chi connectivity index (χ4v) is 1.51. The fourth-order valence-electron chi connectivity index (χ4n) is 1.51. The number of nitrogens with one attached hydrogen (secondary N) is 1. The van der Waals surface area contributed by atoms with Crippen LogP contribution in [0.5, 0.6) is 0 Å². The Morgan fingerprint density at radius 3 is 2.65 bits per heavy atom. The molecule has 0 fully saturated rings. The second kappa shape index (κ2) is 4.12. The van der Waals surface area contributed by atoms with Gasteiger partial charge in [0.15, 0.2) is 11.2 Å². The maximum absolute atomic E-state index is 11.7. The van der Waals surface area contributed by atoms with Crippen LogP contribution < -0.4 is 11.3 Å². The Hall–Kier alpha value is -1.98. The van der Waals surface area contributed by atoms with Gasteiger partial charge in [0.2, 0.25) is 5.95 Å². The summed E-state index contributed by atoms with van der Waals surface area (Å²) >= 11 is 0. The van der Waals surface area contributed by atoms with Gasteiger partial charge in [-0.05, 0) is 5.92 Å². The summed E-state index contributed by atoms with van der Waals surface area (Å²) < 4.78 is 0. The number of nitrogen functional groups attached to an aromatic ring is 1. The van der Waals surface area contributed by atoms with Gasteiger partial charge in [0.05, 0.1) is 11.9 Å². The molecule has 2 rings (SSSR count).